The number of nitrogens with zero attached hydrogens (tertiary/aromatic N) is 2. The van der Waals surface area contributed by atoms with Crippen molar-refractivity contribution < 1.29 is 4.74 Å². The number of nitrogens with two attached hydrogens (primary N) is 2. The van der Waals surface area contributed by atoms with Gasteiger partial charge in [0.05, 0.1) is 13.7 Å². The van der Waals surface area contributed by atoms with Crippen LogP contribution in [0, 0.1) is 0 Å². The zero-order chi connectivity index (χ0) is 14.1. The van der Waals surface area contributed by atoms with Crippen LogP contribution in [-0.4, -0.2) is 25.6 Å². The van der Waals surface area contributed by atoms with Gasteiger partial charge in [-0.3, -0.25) is 10.3 Å². The van der Waals surface area contributed by atoms with E-state index in [2.05, 4.69) is 15.3 Å². The molecule has 0 unspecified atom stereocenters. The zero-order valence-electron chi connectivity index (χ0n) is 11.4. The van der Waals surface area contributed by atoms with Crippen LogP contribution in [0.5, 0.6) is 5.75 Å². The average Bonchev–Trinajstić information content (AvgIpc) is 2.43. The summed E-state index contributed by atoms with van der Waals surface area (Å²) in [5.74, 6) is 1.36. The van der Waals surface area contributed by atoms with Crippen LogP contribution in [0.1, 0.15) is 18.9 Å². The number of hydrogen-bond donors (Lipinski definition) is 3. The number of rotatable bonds is 5. The molecule has 0 amide bonds. The Balaban J connectivity index is 2.50. The molecule has 5 N–H and O–H groups in total. The fourth-order valence-corrected chi connectivity index (χ4v) is 1.35. The lowest BCUT2D eigenvalue weighted by atomic mass is 10.2. The Hall–Kier alpha value is -2.24. The highest BCUT2D eigenvalue weighted by Crippen LogP contribution is 2.11. The molecule has 19 heavy (non-hydrogen) atoms. The molecule has 1 aromatic rings. The van der Waals surface area contributed by atoms with Crippen molar-refractivity contribution in [3.63, 3.8) is 0 Å². The molecule has 0 spiro atoms. The van der Waals surface area contributed by atoms with Crippen LogP contribution >= 0.6 is 0 Å². The van der Waals surface area contributed by atoms with E-state index in [-0.39, 0.29) is 11.9 Å². The van der Waals surface area contributed by atoms with Crippen LogP contribution < -0.4 is 21.5 Å². The molecule has 1 aromatic carbocycles. The van der Waals surface area contributed by atoms with Gasteiger partial charge in [0.1, 0.15) is 5.75 Å². The number of guanidine groups is 2. The molecule has 0 radical (unpaired) electrons. The maximum atomic E-state index is 5.70. The molecule has 0 aliphatic heterocycles. The van der Waals surface area contributed by atoms with Gasteiger partial charge in [-0.2, -0.15) is 0 Å². The molecule has 0 aliphatic carbocycles. The van der Waals surface area contributed by atoms with Gasteiger partial charge < -0.3 is 16.2 Å². The van der Waals surface area contributed by atoms with E-state index in [9.17, 15) is 0 Å². The van der Waals surface area contributed by atoms with Crippen LogP contribution in [0.25, 0.3) is 0 Å². The van der Waals surface area contributed by atoms with Gasteiger partial charge in [-0.25, -0.2) is 4.99 Å². The summed E-state index contributed by atoms with van der Waals surface area (Å²) < 4.78 is 5.08. The van der Waals surface area contributed by atoms with Gasteiger partial charge in [0.15, 0.2) is 11.9 Å². The van der Waals surface area contributed by atoms with E-state index < -0.39 is 0 Å². The Morgan fingerprint density at radius 2 is 1.79 bits per heavy atom. The van der Waals surface area contributed by atoms with Crippen molar-refractivity contribution in [3.05, 3.63) is 29.8 Å². The van der Waals surface area contributed by atoms with Crippen LogP contribution in [0.4, 0.5) is 0 Å². The van der Waals surface area contributed by atoms with Crippen molar-refractivity contribution in [3.8, 4) is 5.75 Å². The Kier molecular flexibility index (Phi) is 6.21. The SMILES string of the molecule is CCCN=C(N)NC(N)=NCc1ccc(OC)cc1. The Morgan fingerprint density at radius 1 is 1.16 bits per heavy atom. The van der Waals surface area contributed by atoms with Crippen LogP contribution in [0.3, 0.4) is 0 Å². The largest absolute Gasteiger partial charge is 0.497 e. The molecule has 0 aromatic heterocycles. The van der Waals surface area contributed by atoms with Gasteiger partial charge in [-0.05, 0) is 24.1 Å². The quantitative estimate of drug-likeness (QED) is 0.541. The zero-order valence-corrected chi connectivity index (χ0v) is 11.4. The Morgan fingerprint density at radius 3 is 2.37 bits per heavy atom. The molecular formula is C13H21N5O. The molecular weight excluding hydrogens is 242 g/mol. The lowest BCUT2D eigenvalue weighted by molar-refractivity contribution is 0.414. The Bertz CT molecular complexity index is 439. The molecule has 0 aliphatic rings. The number of ether oxygens (including phenoxy) is 1. The minimum absolute atomic E-state index is 0.258. The predicted molar refractivity (Wildman–Crippen MR) is 78.2 cm³/mol. The standard InChI is InChI=1S/C13H21N5O/c1-3-8-16-12(14)18-13(15)17-9-10-4-6-11(19-2)7-5-10/h4-7H,3,8-9H2,1-2H3,(H5,14,15,16,17,18). The Labute approximate surface area is 113 Å². The molecule has 0 saturated heterocycles. The smallest absolute Gasteiger partial charge is 0.195 e. The van der Waals surface area contributed by atoms with Crippen LogP contribution in [-0.2, 0) is 6.54 Å². The molecule has 6 nitrogen and oxygen atoms in total. The molecule has 6 heteroatoms. The van der Waals surface area contributed by atoms with Gasteiger partial charge >= 0.3 is 0 Å². The summed E-state index contributed by atoms with van der Waals surface area (Å²) in [6.07, 6.45) is 0.936. The van der Waals surface area contributed by atoms with E-state index in [0.29, 0.717) is 13.1 Å². The summed E-state index contributed by atoms with van der Waals surface area (Å²) in [6, 6.07) is 7.63. The number of benzene rings is 1. The second-order valence-corrected chi connectivity index (χ2v) is 3.94. The van der Waals surface area contributed by atoms with Crippen LogP contribution in [0.2, 0.25) is 0 Å². The van der Waals surface area contributed by atoms with E-state index in [1.165, 1.54) is 0 Å². The molecule has 0 bridgehead atoms. The van der Waals surface area contributed by atoms with E-state index in [1.807, 2.05) is 31.2 Å². The first kappa shape index (κ1) is 14.8. The number of methoxy groups -OCH3 is 1. The maximum Gasteiger partial charge on any atom is 0.195 e. The topological polar surface area (TPSA) is 98.0 Å². The van der Waals surface area contributed by atoms with E-state index in [4.69, 9.17) is 16.2 Å². The predicted octanol–water partition coefficient (Wildman–Crippen LogP) is 0.824. The summed E-state index contributed by atoms with van der Waals surface area (Å²) in [5, 5.41) is 2.74. The van der Waals surface area contributed by atoms with E-state index in [0.717, 1.165) is 17.7 Å². The summed E-state index contributed by atoms with van der Waals surface area (Å²) in [6.45, 7) is 3.17. The lowest BCUT2D eigenvalue weighted by Gasteiger charge is -2.05. The highest BCUT2D eigenvalue weighted by Gasteiger charge is 1.96. The fourth-order valence-electron chi connectivity index (χ4n) is 1.35. The van der Waals surface area contributed by atoms with Gasteiger partial charge in [-0.1, -0.05) is 19.1 Å². The first-order valence-corrected chi connectivity index (χ1v) is 6.15. The third kappa shape index (κ3) is 5.76. The second kappa shape index (κ2) is 7.97. The lowest BCUT2D eigenvalue weighted by Crippen LogP contribution is -2.41. The second-order valence-electron chi connectivity index (χ2n) is 3.94. The van der Waals surface area contributed by atoms with Gasteiger partial charge in [0, 0.05) is 6.54 Å². The normalized spacial score (nSPS) is 12.3. The molecule has 104 valence electrons. The first-order chi connectivity index (χ1) is 9.15. The van der Waals surface area contributed by atoms with Crippen molar-refractivity contribution in [1.29, 1.82) is 0 Å². The van der Waals surface area contributed by atoms with Gasteiger partial charge in [0.25, 0.3) is 0 Å². The van der Waals surface area contributed by atoms with Gasteiger partial charge in [-0.15, -0.1) is 0 Å². The highest BCUT2D eigenvalue weighted by atomic mass is 16.5. The van der Waals surface area contributed by atoms with E-state index in [1.54, 1.807) is 7.11 Å². The minimum atomic E-state index is 0.258. The number of hydrogen-bond acceptors (Lipinski definition) is 3. The van der Waals surface area contributed by atoms with Crippen molar-refractivity contribution in [2.75, 3.05) is 13.7 Å². The average molecular weight is 263 g/mol. The minimum Gasteiger partial charge on any atom is -0.497 e. The third-order valence-corrected chi connectivity index (χ3v) is 2.35. The van der Waals surface area contributed by atoms with Crippen LogP contribution in [0.15, 0.2) is 34.3 Å². The molecule has 0 fully saturated rings. The molecule has 1 rings (SSSR count). The number of nitrogens with one attached hydrogen (secondary N) is 1. The monoisotopic (exact) mass is 263 g/mol. The fraction of sp³-hybridized carbons (Fsp3) is 0.385. The molecule has 0 heterocycles. The summed E-state index contributed by atoms with van der Waals surface area (Å²) in [7, 11) is 1.63. The summed E-state index contributed by atoms with van der Waals surface area (Å²) >= 11 is 0. The van der Waals surface area contributed by atoms with E-state index >= 15 is 0 Å². The highest BCUT2D eigenvalue weighted by molar-refractivity contribution is 5.96. The van der Waals surface area contributed by atoms with Crippen molar-refractivity contribution in [2.24, 2.45) is 21.5 Å². The molecule has 0 saturated carbocycles. The summed E-state index contributed by atoms with van der Waals surface area (Å²) in [4.78, 5) is 8.25. The molecule has 0 atom stereocenters. The third-order valence-electron chi connectivity index (χ3n) is 2.35. The van der Waals surface area contributed by atoms with Crippen molar-refractivity contribution in [1.82, 2.24) is 5.32 Å². The van der Waals surface area contributed by atoms with Crippen molar-refractivity contribution >= 4 is 11.9 Å². The summed E-state index contributed by atoms with van der Waals surface area (Å²) in [5.41, 5.74) is 12.4. The first-order valence-electron chi connectivity index (χ1n) is 6.15. The van der Waals surface area contributed by atoms with Crippen molar-refractivity contribution in [2.45, 2.75) is 19.9 Å². The maximum absolute atomic E-state index is 5.70. The number of aliphatic imine (C=N–C) groups is 2. The van der Waals surface area contributed by atoms with Gasteiger partial charge in [0.2, 0.25) is 0 Å².